The van der Waals surface area contributed by atoms with Crippen LogP contribution in [0.25, 0.3) is 10.9 Å². The molecule has 10 atom stereocenters. The molecule has 2 saturated heterocycles. The number of carbonyl (C=O) groups excluding carboxylic acids is 3. The van der Waals surface area contributed by atoms with E-state index in [-0.39, 0.29) is 25.2 Å². The predicted molar refractivity (Wildman–Crippen MR) is 235 cm³/mol. The number of aliphatic hydroxyl groups excluding tert-OH is 1. The molecule has 6 heterocycles. The average Bonchev–Trinajstić information content (AvgIpc) is 3.95. The van der Waals surface area contributed by atoms with Crippen LogP contribution in [0.4, 0.5) is 5.69 Å². The van der Waals surface area contributed by atoms with Crippen LogP contribution in [-0.4, -0.2) is 149 Å². The van der Waals surface area contributed by atoms with E-state index >= 15 is 0 Å². The van der Waals surface area contributed by atoms with Gasteiger partial charge in [-0.3, -0.25) is 33.3 Å². The van der Waals surface area contributed by atoms with E-state index < -0.39 is 61.9 Å². The molecule has 65 heavy (non-hydrogen) atoms. The summed E-state index contributed by atoms with van der Waals surface area (Å²) < 4.78 is 49.1. The van der Waals surface area contributed by atoms with Gasteiger partial charge in [0.15, 0.2) is 6.10 Å². The maximum absolute atomic E-state index is 14.4. The lowest BCUT2D eigenvalue weighted by molar-refractivity contribution is -0.234. The molecule has 1 spiro atoms. The number of hydrogen-bond acceptors (Lipinski definition) is 15. The minimum absolute atomic E-state index is 0.0284. The van der Waals surface area contributed by atoms with Gasteiger partial charge in [-0.05, 0) is 85.4 Å². The number of aliphatic hydroxyl groups is 3. The van der Waals surface area contributed by atoms with Gasteiger partial charge in [0.2, 0.25) is 5.60 Å². The highest BCUT2D eigenvalue weighted by Gasteiger charge is 2.81. The highest BCUT2D eigenvalue weighted by molar-refractivity contribution is 7.79. The molecule has 3 fully saturated rings. The molecule has 1 aliphatic carbocycles. The number of nitrogens with zero attached hydrogens (tertiary/aromatic N) is 3. The van der Waals surface area contributed by atoms with E-state index in [4.69, 9.17) is 36.6 Å². The average molecular weight is 925 g/mol. The Labute approximate surface area is 378 Å². The van der Waals surface area contributed by atoms with Crippen molar-refractivity contribution in [3.05, 3.63) is 76.5 Å². The Morgan fingerprint density at radius 3 is 2.40 bits per heavy atom. The van der Waals surface area contributed by atoms with Crippen molar-refractivity contribution in [1.82, 2.24) is 14.8 Å². The van der Waals surface area contributed by atoms with Crippen molar-refractivity contribution in [2.24, 2.45) is 11.3 Å². The Balaban J connectivity index is 0.00000109. The minimum Gasteiger partial charge on any atom is -0.467 e. The number of carbonyl (C=O) groups is 3. The highest BCUT2D eigenvalue weighted by Crippen LogP contribution is 2.68. The number of nitrogens with one attached hydrogen (secondary N) is 1. The zero-order valence-electron chi connectivity index (χ0n) is 37.4. The SMILES string of the molecule is CC[C@]1(O)C[C@H]2CN(CCc3c([nH]c4ccccc34)[C@@](COC=O)(c3cc4c(cc3CO)N(OC)[C@@H]3[C@]45CCN4CC=C[C@@](CC)(C(OC(C)=O)[C@]3(O)C(=O)OC)[C@H]45)C2)C1.O=S(=O)(O)O. The largest absolute Gasteiger partial charge is 0.467 e. The number of esters is 2. The number of piperidine rings is 1. The van der Waals surface area contributed by atoms with Gasteiger partial charge in [-0.15, -0.1) is 0 Å². The summed E-state index contributed by atoms with van der Waals surface area (Å²) in [7, 11) is -1.96. The monoisotopic (exact) mass is 924 g/mol. The molecule has 354 valence electrons. The first-order valence-corrected chi connectivity index (χ1v) is 23.6. The number of benzene rings is 2. The number of anilines is 1. The molecule has 6 N–H and O–H groups in total. The molecule has 19 heteroatoms. The van der Waals surface area contributed by atoms with Gasteiger partial charge in [0, 0.05) is 66.6 Å². The Bertz CT molecular complexity index is 2490. The van der Waals surface area contributed by atoms with Gasteiger partial charge in [0.05, 0.1) is 37.5 Å². The summed E-state index contributed by atoms with van der Waals surface area (Å²) in [4.78, 5) is 54.7. The van der Waals surface area contributed by atoms with Crippen LogP contribution < -0.4 is 5.06 Å². The molecular formula is C46H60N4O14S. The van der Waals surface area contributed by atoms with Gasteiger partial charge in [0.1, 0.15) is 12.6 Å². The molecule has 1 saturated carbocycles. The number of rotatable bonds is 10. The Morgan fingerprint density at radius 1 is 1.02 bits per heavy atom. The van der Waals surface area contributed by atoms with E-state index in [1.165, 1.54) is 21.1 Å². The zero-order chi connectivity index (χ0) is 46.9. The summed E-state index contributed by atoms with van der Waals surface area (Å²) in [5.74, 6) is -1.61. The number of aromatic nitrogens is 1. The van der Waals surface area contributed by atoms with Crippen molar-refractivity contribution in [3.63, 3.8) is 0 Å². The van der Waals surface area contributed by atoms with E-state index in [1.807, 2.05) is 44.2 Å². The van der Waals surface area contributed by atoms with Crippen molar-refractivity contribution < 1.29 is 66.3 Å². The molecule has 0 amide bonds. The molecule has 2 unspecified atom stereocenters. The fraction of sp³-hybridized carbons (Fsp3) is 0.587. The smallest absolute Gasteiger partial charge is 0.394 e. The number of ether oxygens (including phenoxy) is 3. The fourth-order valence-electron chi connectivity index (χ4n) is 13.5. The van der Waals surface area contributed by atoms with Crippen LogP contribution in [-0.2, 0) is 67.7 Å². The van der Waals surface area contributed by atoms with E-state index in [2.05, 4.69) is 33.0 Å². The van der Waals surface area contributed by atoms with Crippen LogP contribution in [0.1, 0.15) is 80.8 Å². The maximum Gasteiger partial charge on any atom is 0.394 e. The van der Waals surface area contributed by atoms with Crippen LogP contribution in [0.5, 0.6) is 0 Å². The minimum atomic E-state index is -4.67. The van der Waals surface area contributed by atoms with Crippen molar-refractivity contribution in [2.45, 2.75) is 106 Å². The molecule has 3 aromatic rings. The van der Waals surface area contributed by atoms with Crippen LogP contribution >= 0.6 is 0 Å². The normalized spacial score (nSPS) is 34.7. The molecule has 2 aromatic carbocycles. The first kappa shape index (κ1) is 47.1. The number of aromatic amines is 1. The van der Waals surface area contributed by atoms with Gasteiger partial charge < -0.3 is 34.5 Å². The van der Waals surface area contributed by atoms with E-state index in [0.29, 0.717) is 75.9 Å². The van der Waals surface area contributed by atoms with Crippen LogP contribution in [0.2, 0.25) is 0 Å². The first-order chi connectivity index (χ1) is 30.8. The highest BCUT2D eigenvalue weighted by atomic mass is 32.3. The number of hydroxylamine groups is 1. The summed E-state index contributed by atoms with van der Waals surface area (Å²) in [6.45, 7) is 8.59. The molecule has 5 aliphatic heterocycles. The van der Waals surface area contributed by atoms with Gasteiger partial charge >= 0.3 is 22.3 Å². The molecule has 18 nitrogen and oxygen atoms in total. The number of hydrogen-bond donors (Lipinski definition) is 6. The fourth-order valence-corrected chi connectivity index (χ4v) is 13.5. The third-order valence-electron chi connectivity index (χ3n) is 15.6. The van der Waals surface area contributed by atoms with Crippen molar-refractivity contribution >= 4 is 45.4 Å². The van der Waals surface area contributed by atoms with E-state index in [1.54, 1.807) is 5.06 Å². The van der Waals surface area contributed by atoms with Gasteiger partial charge in [-0.25, -0.2) is 9.86 Å². The molecule has 9 rings (SSSR count). The number of methoxy groups -OCH3 is 1. The van der Waals surface area contributed by atoms with Crippen LogP contribution in [0.15, 0.2) is 48.6 Å². The standard InChI is InChI=1S/C46H58N4O10.H2O4S/c1-6-42(55)21-29-22-44(26-59-27-52,37-32(13-17-48(23-29)25-42)31-11-8-9-12-35(31)47-37)33-20-34-36(19-30(33)24-51)50(58-5)39-45(34)15-18-49-16-10-14-43(7-2,38(45)49)40(60-28(3)53)46(39,56)41(54)57-4;1-5(2,3)4/h8-12,14,19-20,27,29,38-40,47,51,55-56H,6-7,13,15-18,21-26H2,1-5H3;(H2,1,2,3,4)/t29-,38+,39-,40?,42+,43-,44+,45-,46+;/m1./s1. The lowest BCUT2D eigenvalue weighted by Crippen LogP contribution is -2.81. The summed E-state index contributed by atoms with van der Waals surface area (Å²) in [6.07, 6.45) is 5.94. The third kappa shape index (κ3) is 7.29. The Kier molecular flexibility index (Phi) is 12.3. The van der Waals surface area contributed by atoms with Crippen molar-refractivity contribution in [3.8, 4) is 0 Å². The Hall–Kier alpha value is -4.44. The predicted octanol–water partition coefficient (Wildman–Crippen LogP) is 2.75. The summed E-state index contributed by atoms with van der Waals surface area (Å²) in [5.41, 5.74) is -0.817. The zero-order valence-corrected chi connectivity index (χ0v) is 38.2. The molecule has 0 radical (unpaired) electrons. The van der Waals surface area contributed by atoms with Gasteiger partial charge in [-0.2, -0.15) is 8.42 Å². The van der Waals surface area contributed by atoms with Crippen LogP contribution in [0, 0.1) is 11.3 Å². The second kappa shape index (κ2) is 17.0. The number of fused-ring (bicyclic) bond motifs is 6. The summed E-state index contributed by atoms with van der Waals surface area (Å²) in [6, 6.07) is 10.7. The Morgan fingerprint density at radius 2 is 1.75 bits per heavy atom. The molecule has 1 aromatic heterocycles. The molecule has 6 aliphatic rings. The van der Waals surface area contributed by atoms with Crippen LogP contribution in [0.3, 0.4) is 0 Å². The lowest BCUT2D eigenvalue weighted by atomic mass is 9.47. The summed E-state index contributed by atoms with van der Waals surface area (Å²) in [5, 5.41) is 39.5. The summed E-state index contributed by atoms with van der Waals surface area (Å²) >= 11 is 0. The second-order valence-electron chi connectivity index (χ2n) is 18.8. The quantitative estimate of drug-likeness (QED) is 0.0563. The van der Waals surface area contributed by atoms with Gasteiger partial charge in [0.25, 0.3) is 6.47 Å². The second-order valence-corrected chi connectivity index (χ2v) is 19.7. The molecule has 2 bridgehead atoms. The van der Waals surface area contributed by atoms with E-state index in [0.717, 1.165) is 46.4 Å². The van der Waals surface area contributed by atoms with Gasteiger partial charge in [-0.1, -0.05) is 50.3 Å². The topological polar surface area (TPSA) is 249 Å². The van der Waals surface area contributed by atoms with Crippen molar-refractivity contribution in [2.75, 3.05) is 58.6 Å². The lowest BCUT2D eigenvalue weighted by Gasteiger charge is -2.63. The molecular weight excluding hydrogens is 865 g/mol. The number of para-hydroxylation sites is 1. The van der Waals surface area contributed by atoms with Crippen molar-refractivity contribution in [1.29, 1.82) is 0 Å². The maximum atomic E-state index is 14.4. The van der Waals surface area contributed by atoms with E-state index in [9.17, 15) is 29.7 Å². The third-order valence-corrected chi connectivity index (χ3v) is 15.6. The number of H-pyrrole nitrogens is 1. The first-order valence-electron chi connectivity index (χ1n) is 22.2.